The predicted molar refractivity (Wildman–Crippen MR) is 120 cm³/mol. The maximum atomic E-state index is 14.1. The fourth-order valence-corrected chi connectivity index (χ4v) is 5.21. The second kappa shape index (κ2) is 9.38. The van der Waals surface area contributed by atoms with E-state index in [-0.39, 0.29) is 12.1 Å². The van der Waals surface area contributed by atoms with Gasteiger partial charge in [0, 0.05) is 38.1 Å². The highest BCUT2D eigenvalue weighted by molar-refractivity contribution is 7.89. The Morgan fingerprint density at radius 2 is 1.85 bits per heavy atom. The van der Waals surface area contributed by atoms with E-state index in [1.165, 1.54) is 12.1 Å². The molecule has 0 bridgehead atoms. The molecule has 1 atom stereocenters. The summed E-state index contributed by atoms with van der Waals surface area (Å²) in [5, 5.41) is 0. The van der Waals surface area contributed by atoms with E-state index in [9.17, 15) is 26.0 Å². The molecule has 11 heteroatoms. The standard InChI is InChI=1S/C23H24F4N4O2S/c1-29-13-20(28-16-29)14-31-21(9-7-17-5-3-2-4-6-17)15-30(34(32,33)23(25,26)27)12-18-11-19(24)8-10-22(18)31/h2-6,8,10-11,13,16,21H,7,9,12,14-15H2,1H3/t21-/m0/s1. The topological polar surface area (TPSA) is 58.4 Å². The molecule has 182 valence electrons. The lowest BCUT2D eigenvalue weighted by atomic mass is 10.0. The van der Waals surface area contributed by atoms with Gasteiger partial charge in [-0.1, -0.05) is 30.3 Å². The van der Waals surface area contributed by atoms with Crippen LogP contribution in [0.15, 0.2) is 61.1 Å². The van der Waals surface area contributed by atoms with E-state index in [1.54, 1.807) is 24.1 Å². The molecule has 34 heavy (non-hydrogen) atoms. The third kappa shape index (κ3) is 5.10. The molecule has 0 radical (unpaired) electrons. The molecule has 1 aromatic heterocycles. The molecule has 6 nitrogen and oxygen atoms in total. The molecule has 2 heterocycles. The van der Waals surface area contributed by atoms with Crippen LogP contribution in [0.2, 0.25) is 0 Å². The van der Waals surface area contributed by atoms with E-state index < -0.39 is 40.5 Å². The third-order valence-electron chi connectivity index (χ3n) is 5.88. The fraction of sp³-hybridized carbons (Fsp3) is 0.348. The number of aryl methyl sites for hydroxylation is 2. The van der Waals surface area contributed by atoms with Crippen LogP contribution in [0, 0.1) is 5.82 Å². The summed E-state index contributed by atoms with van der Waals surface area (Å²) in [6, 6.07) is 12.6. The molecular weight excluding hydrogens is 472 g/mol. The molecule has 3 aromatic rings. The molecular formula is C23H24F4N4O2S. The zero-order valence-electron chi connectivity index (χ0n) is 18.4. The number of imidazole rings is 1. The van der Waals surface area contributed by atoms with E-state index in [0.29, 0.717) is 28.5 Å². The fourth-order valence-electron chi connectivity index (χ4n) is 4.24. The van der Waals surface area contributed by atoms with Gasteiger partial charge in [0.25, 0.3) is 0 Å². The molecule has 0 saturated heterocycles. The molecule has 1 aliphatic rings. The Bertz CT molecular complexity index is 1250. The van der Waals surface area contributed by atoms with Crippen molar-refractivity contribution in [3.8, 4) is 0 Å². The van der Waals surface area contributed by atoms with Crippen LogP contribution in [-0.2, 0) is 36.6 Å². The summed E-state index contributed by atoms with van der Waals surface area (Å²) < 4.78 is 81.6. The largest absolute Gasteiger partial charge is 0.511 e. The van der Waals surface area contributed by atoms with Gasteiger partial charge in [-0.3, -0.25) is 0 Å². The summed E-state index contributed by atoms with van der Waals surface area (Å²) in [4.78, 5) is 6.17. The van der Waals surface area contributed by atoms with Crippen molar-refractivity contribution in [2.75, 3.05) is 11.4 Å². The van der Waals surface area contributed by atoms with Gasteiger partial charge < -0.3 is 9.47 Å². The van der Waals surface area contributed by atoms with Gasteiger partial charge in [-0.25, -0.2) is 17.8 Å². The minimum absolute atomic E-state index is 0.172. The first kappa shape index (κ1) is 24.2. The number of sulfonamides is 1. The van der Waals surface area contributed by atoms with Gasteiger partial charge in [-0.2, -0.15) is 17.5 Å². The Kier molecular flexibility index (Phi) is 6.68. The number of hydrogen-bond donors (Lipinski definition) is 0. The van der Waals surface area contributed by atoms with Crippen molar-refractivity contribution in [1.29, 1.82) is 0 Å². The SMILES string of the molecule is Cn1cnc(CN2c3ccc(F)cc3CN(S(=O)(=O)C(F)(F)F)C[C@@H]2CCc2ccccc2)c1. The van der Waals surface area contributed by atoms with Gasteiger partial charge in [0.05, 0.1) is 18.6 Å². The zero-order chi connectivity index (χ0) is 24.5. The molecule has 1 aliphatic heterocycles. The lowest BCUT2D eigenvalue weighted by Gasteiger charge is -2.34. The van der Waals surface area contributed by atoms with E-state index >= 15 is 0 Å². The summed E-state index contributed by atoms with van der Waals surface area (Å²) in [6.07, 6.45) is 4.31. The molecule has 0 N–H and O–H groups in total. The van der Waals surface area contributed by atoms with Crippen molar-refractivity contribution in [2.24, 2.45) is 7.05 Å². The summed E-state index contributed by atoms with van der Waals surface area (Å²) in [5.74, 6) is -0.649. The molecule has 0 spiro atoms. The lowest BCUT2D eigenvalue weighted by molar-refractivity contribution is -0.0492. The van der Waals surface area contributed by atoms with Crippen LogP contribution in [0.25, 0.3) is 0 Å². The normalized spacial score (nSPS) is 17.4. The van der Waals surface area contributed by atoms with Crippen LogP contribution < -0.4 is 4.90 Å². The number of hydrogen-bond acceptors (Lipinski definition) is 4. The predicted octanol–water partition coefficient (Wildman–Crippen LogP) is 4.23. The lowest BCUT2D eigenvalue weighted by Crippen LogP contribution is -2.47. The number of nitrogens with zero attached hydrogens (tertiary/aromatic N) is 4. The van der Waals surface area contributed by atoms with Crippen molar-refractivity contribution in [3.05, 3.63) is 83.7 Å². The van der Waals surface area contributed by atoms with Crippen molar-refractivity contribution in [3.63, 3.8) is 0 Å². The van der Waals surface area contributed by atoms with Gasteiger partial charge in [0.15, 0.2) is 0 Å². The number of benzene rings is 2. The quantitative estimate of drug-likeness (QED) is 0.480. The summed E-state index contributed by atoms with van der Waals surface area (Å²) >= 11 is 0. The first-order valence-corrected chi connectivity index (χ1v) is 12.1. The van der Waals surface area contributed by atoms with Gasteiger partial charge >= 0.3 is 15.5 Å². The third-order valence-corrected chi connectivity index (χ3v) is 7.43. The average molecular weight is 497 g/mol. The first-order chi connectivity index (χ1) is 16.0. The molecule has 0 aliphatic carbocycles. The van der Waals surface area contributed by atoms with Crippen molar-refractivity contribution >= 4 is 15.7 Å². The number of anilines is 1. The number of alkyl halides is 3. The highest BCUT2D eigenvalue weighted by Gasteiger charge is 2.51. The highest BCUT2D eigenvalue weighted by Crippen LogP contribution is 2.36. The van der Waals surface area contributed by atoms with Gasteiger partial charge in [0.2, 0.25) is 0 Å². The maximum absolute atomic E-state index is 14.1. The van der Waals surface area contributed by atoms with Crippen LogP contribution in [-0.4, -0.2) is 40.4 Å². The molecule has 2 aromatic carbocycles. The first-order valence-electron chi connectivity index (χ1n) is 10.7. The number of halogens is 4. The molecule has 0 saturated carbocycles. The molecule has 4 rings (SSSR count). The summed E-state index contributed by atoms with van der Waals surface area (Å²) in [5.41, 5.74) is -3.15. The average Bonchev–Trinajstić information content (AvgIpc) is 3.12. The van der Waals surface area contributed by atoms with E-state index in [2.05, 4.69) is 4.98 Å². The Morgan fingerprint density at radius 3 is 2.50 bits per heavy atom. The van der Waals surface area contributed by atoms with Crippen LogP contribution in [0.4, 0.5) is 23.2 Å². The van der Waals surface area contributed by atoms with Crippen LogP contribution in [0.1, 0.15) is 23.2 Å². The minimum atomic E-state index is -5.62. The van der Waals surface area contributed by atoms with E-state index in [1.807, 2.05) is 35.2 Å². The number of rotatable bonds is 6. The molecule has 0 fully saturated rings. The molecule has 0 amide bonds. The minimum Gasteiger partial charge on any atom is -0.361 e. The van der Waals surface area contributed by atoms with Crippen LogP contribution in [0.5, 0.6) is 0 Å². The zero-order valence-corrected chi connectivity index (χ0v) is 19.2. The monoisotopic (exact) mass is 496 g/mol. The Balaban J connectivity index is 1.77. The number of aromatic nitrogens is 2. The van der Waals surface area contributed by atoms with E-state index in [4.69, 9.17) is 0 Å². The Labute approximate surface area is 195 Å². The van der Waals surface area contributed by atoms with Gasteiger partial charge in [0.1, 0.15) is 5.82 Å². The van der Waals surface area contributed by atoms with Crippen molar-refractivity contribution in [2.45, 2.75) is 37.5 Å². The van der Waals surface area contributed by atoms with E-state index in [0.717, 1.165) is 11.6 Å². The maximum Gasteiger partial charge on any atom is 0.511 e. The van der Waals surface area contributed by atoms with Crippen molar-refractivity contribution in [1.82, 2.24) is 13.9 Å². The van der Waals surface area contributed by atoms with Crippen LogP contribution in [0.3, 0.4) is 0 Å². The number of fused-ring (bicyclic) bond motifs is 1. The smallest absolute Gasteiger partial charge is 0.361 e. The van der Waals surface area contributed by atoms with Gasteiger partial charge in [-0.05, 0) is 42.2 Å². The Morgan fingerprint density at radius 1 is 1.12 bits per heavy atom. The van der Waals surface area contributed by atoms with Crippen molar-refractivity contribution < 1.29 is 26.0 Å². The highest BCUT2D eigenvalue weighted by atomic mass is 32.2. The summed E-state index contributed by atoms with van der Waals surface area (Å²) in [7, 11) is -3.82. The Hall–Kier alpha value is -2.92. The second-order valence-electron chi connectivity index (χ2n) is 8.35. The molecule has 0 unspecified atom stereocenters. The second-order valence-corrected chi connectivity index (χ2v) is 10.3. The van der Waals surface area contributed by atoms with Crippen LogP contribution >= 0.6 is 0 Å². The van der Waals surface area contributed by atoms with Gasteiger partial charge in [-0.15, -0.1) is 0 Å². The summed E-state index contributed by atoms with van der Waals surface area (Å²) in [6.45, 7) is -0.730.